The standard InChI is InChI=1S/C65H104N12O13/c1-20-39(8)53(72-58(83)44(13)73(15)52(79)33-40(9)78)65(90)76(18)51(35-47-29-25-22-26-30-47)60(85)68-41(10)56(81)67-42(11)57(82)70-48(34-46-27-23-21-24-28-46)59(84)69-43(12)62(87)74(16)45(14)63(88)75(17)50(32-37(4)5)61(86)71-49(31-36(2)3)64(89)77(19)54(38(6)7)55(66)80/h21-30,36-45,48-51,53-54,78H,20,31-35H2,1-19H3,(H2,66,80)(H,67,81)(H,68,85)(H,69,84)(H,70,82)(H,71,86)(H,72,83)/t39-,40+,41-,42-,43-,44-,45+,48-,49-,50-,51-,53-,54-/m0/s1. The summed E-state index contributed by atoms with van der Waals surface area (Å²) < 4.78 is 0. The Morgan fingerprint density at radius 1 is 0.444 bits per heavy atom. The van der Waals surface area contributed by atoms with Gasteiger partial charge in [0, 0.05) is 48.1 Å². The van der Waals surface area contributed by atoms with Crippen LogP contribution in [0.25, 0.3) is 0 Å². The summed E-state index contributed by atoms with van der Waals surface area (Å²) in [5, 5.41) is 26.0. The first-order chi connectivity index (χ1) is 41.9. The third kappa shape index (κ3) is 23.4. The molecule has 0 heterocycles. The van der Waals surface area contributed by atoms with Crippen molar-refractivity contribution < 1.29 is 62.6 Å². The van der Waals surface area contributed by atoms with Crippen LogP contribution in [0.4, 0.5) is 0 Å². The van der Waals surface area contributed by atoms with Crippen LogP contribution in [-0.2, 0) is 70.4 Å². The largest absolute Gasteiger partial charge is 0.393 e. The average molecular weight is 1260 g/mol. The molecule has 9 N–H and O–H groups in total. The Bertz CT molecular complexity index is 2770. The quantitative estimate of drug-likeness (QED) is 0.0488. The number of hydrogen-bond donors (Lipinski definition) is 8. The molecule has 0 aliphatic carbocycles. The van der Waals surface area contributed by atoms with E-state index in [0.717, 1.165) is 4.90 Å². The normalized spacial score (nSPS) is 15.7. The van der Waals surface area contributed by atoms with Gasteiger partial charge in [-0.1, -0.05) is 122 Å². The first kappa shape index (κ1) is 78.1. The topological polar surface area (TPSA) is 339 Å². The third-order valence-electron chi connectivity index (χ3n) is 16.2. The number of aliphatic hydroxyl groups excluding tert-OH is 1. The smallest absolute Gasteiger partial charge is 0.245 e. The molecule has 0 fully saturated rings. The highest BCUT2D eigenvalue weighted by Crippen LogP contribution is 2.20. The molecule has 13 atom stereocenters. The molecule has 0 saturated carbocycles. The van der Waals surface area contributed by atoms with Crippen LogP contribution in [0.1, 0.15) is 134 Å². The van der Waals surface area contributed by atoms with Gasteiger partial charge in [-0.15, -0.1) is 0 Å². The van der Waals surface area contributed by atoms with Crippen molar-refractivity contribution in [3.63, 3.8) is 0 Å². The van der Waals surface area contributed by atoms with Crippen molar-refractivity contribution in [2.45, 2.75) is 208 Å². The lowest BCUT2D eigenvalue weighted by atomic mass is 9.95. The summed E-state index contributed by atoms with van der Waals surface area (Å²) in [7, 11) is 7.09. The van der Waals surface area contributed by atoms with Crippen LogP contribution in [-0.4, -0.2) is 208 Å². The Balaban J connectivity index is 2.33. The molecule has 2 aromatic rings. The van der Waals surface area contributed by atoms with Gasteiger partial charge in [0.05, 0.1) is 12.5 Å². The number of likely N-dealkylation sites (N-methyl/N-ethyl adjacent to an activating group) is 5. The molecular weight excluding hydrogens is 1160 g/mol. The van der Waals surface area contributed by atoms with Crippen molar-refractivity contribution in [3.05, 3.63) is 71.8 Å². The van der Waals surface area contributed by atoms with Crippen LogP contribution in [0, 0.1) is 23.7 Å². The lowest BCUT2D eigenvalue weighted by molar-refractivity contribution is -0.149. The lowest BCUT2D eigenvalue weighted by Crippen LogP contribution is -2.61. The van der Waals surface area contributed by atoms with E-state index in [1.165, 1.54) is 96.4 Å². The van der Waals surface area contributed by atoms with E-state index in [0.29, 0.717) is 17.5 Å². The molecule has 12 amide bonds. The molecule has 0 spiro atoms. The van der Waals surface area contributed by atoms with Crippen molar-refractivity contribution in [1.82, 2.24) is 56.4 Å². The van der Waals surface area contributed by atoms with Gasteiger partial charge in [0.2, 0.25) is 70.9 Å². The highest BCUT2D eigenvalue weighted by atomic mass is 16.3. The van der Waals surface area contributed by atoms with Gasteiger partial charge in [-0.05, 0) is 89.2 Å². The number of amides is 12. The highest BCUT2D eigenvalue weighted by Gasteiger charge is 2.40. The molecule has 0 saturated heterocycles. The van der Waals surface area contributed by atoms with E-state index in [9.17, 15) is 62.6 Å². The molecule has 25 heteroatoms. The second kappa shape index (κ2) is 36.6. The van der Waals surface area contributed by atoms with Crippen molar-refractivity contribution in [2.75, 3.05) is 35.2 Å². The van der Waals surface area contributed by atoms with E-state index in [2.05, 4.69) is 31.9 Å². The van der Waals surface area contributed by atoms with Gasteiger partial charge in [0.1, 0.15) is 66.5 Å². The van der Waals surface area contributed by atoms with E-state index in [1.54, 1.807) is 81.4 Å². The Labute approximate surface area is 532 Å². The maximum Gasteiger partial charge on any atom is 0.245 e. The summed E-state index contributed by atoms with van der Waals surface area (Å²) in [4.78, 5) is 172. The van der Waals surface area contributed by atoms with E-state index >= 15 is 0 Å². The molecule has 0 aliphatic rings. The van der Waals surface area contributed by atoms with Gasteiger partial charge in [0.15, 0.2) is 0 Å². The molecule has 0 unspecified atom stereocenters. The fourth-order valence-corrected chi connectivity index (χ4v) is 10.2. The zero-order valence-corrected chi connectivity index (χ0v) is 56.4. The Morgan fingerprint density at radius 3 is 1.38 bits per heavy atom. The Hall–Kier alpha value is -7.96. The summed E-state index contributed by atoms with van der Waals surface area (Å²) in [5.41, 5.74) is 6.98. The zero-order valence-electron chi connectivity index (χ0n) is 56.4. The number of benzene rings is 2. The number of primary amides is 1. The van der Waals surface area contributed by atoms with Crippen molar-refractivity contribution >= 4 is 70.9 Å². The second-order valence-corrected chi connectivity index (χ2v) is 25.2. The number of carbonyl (C=O) groups excluding carboxylic acids is 12. The van der Waals surface area contributed by atoms with Crippen molar-refractivity contribution in [2.24, 2.45) is 29.4 Å². The molecule has 0 bridgehead atoms. The number of hydrogen-bond acceptors (Lipinski definition) is 13. The summed E-state index contributed by atoms with van der Waals surface area (Å²) in [6, 6.07) is 4.75. The first-order valence-electron chi connectivity index (χ1n) is 31.1. The van der Waals surface area contributed by atoms with Gasteiger partial charge in [-0.3, -0.25) is 57.5 Å². The molecule has 0 aliphatic heterocycles. The lowest BCUT2D eigenvalue weighted by Gasteiger charge is -2.36. The average Bonchev–Trinajstić information content (AvgIpc) is 2.86. The van der Waals surface area contributed by atoms with E-state index < -0.39 is 149 Å². The number of rotatable bonds is 35. The minimum atomic E-state index is -1.31. The molecule has 0 radical (unpaired) electrons. The fraction of sp³-hybridized carbons (Fsp3) is 0.631. The number of nitrogens with zero attached hydrogens (tertiary/aromatic N) is 5. The first-order valence-corrected chi connectivity index (χ1v) is 31.1. The van der Waals surface area contributed by atoms with E-state index in [1.807, 2.05) is 34.6 Å². The van der Waals surface area contributed by atoms with Gasteiger partial charge in [-0.2, -0.15) is 0 Å². The summed E-state index contributed by atoms with van der Waals surface area (Å²) in [6.45, 7) is 23.2. The van der Waals surface area contributed by atoms with Crippen molar-refractivity contribution in [1.29, 1.82) is 0 Å². The SMILES string of the molecule is CC[C@H](C)[C@H](NC(=O)[C@H](C)N(C)C(=O)C[C@@H](C)O)C(=O)N(C)[C@@H](Cc1ccccc1)C(=O)N[C@@H](C)C(=O)N[C@@H](C)C(=O)N[C@@H](Cc1ccccc1)C(=O)N[C@@H](C)C(=O)N(C)[C@H](C)C(=O)N(C)[C@@H](CC(C)C)C(=O)N[C@@H](CC(C)C)C(=O)N(C)[C@H](C(N)=O)C(C)C. The molecule has 502 valence electrons. The number of aliphatic hydroxyl groups is 1. The van der Waals surface area contributed by atoms with Crippen LogP contribution >= 0.6 is 0 Å². The number of nitrogens with two attached hydrogens (primary N) is 1. The van der Waals surface area contributed by atoms with Crippen LogP contribution in [0.2, 0.25) is 0 Å². The minimum Gasteiger partial charge on any atom is -0.393 e. The molecule has 90 heavy (non-hydrogen) atoms. The van der Waals surface area contributed by atoms with Gasteiger partial charge < -0.3 is 67.2 Å². The van der Waals surface area contributed by atoms with Gasteiger partial charge in [0.25, 0.3) is 0 Å². The Morgan fingerprint density at radius 2 is 0.900 bits per heavy atom. The third-order valence-corrected chi connectivity index (χ3v) is 16.2. The van der Waals surface area contributed by atoms with Crippen LogP contribution in [0.5, 0.6) is 0 Å². The van der Waals surface area contributed by atoms with Crippen LogP contribution in [0.3, 0.4) is 0 Å². The molecular formula is C65H104N12O13. The molecule has 2 aromatic carbocycles. The summed E-state index contributed by atoms with van der Waals surface area (Å²) >= 11 is 0. The highest BCUT2D eigenvalue weighted by molar-refractivity contribution is 5.99. The predicted octanol–water partition coefficient (Wildman–Crippen LogP) is 1.67. The number of carbonyl (C=O) groups is 12. The van der Waals surface area contributed by atoms with Crippen molar-refractivity contribution in [3.8, 4) is 0 Å². The number of nitrogens with one attached hydrogen (secondary N) is 6. The Kier molecular flexibility index (Phi) is 31.8. The summed E-state index contributed by atoms with van der Waals surface area (Å²) in [6.07, 6.45) is -0.348. The van der Waals surface area contributed by atoms with Crippen LogP contribution < -0.4 is 37.6 Å². The zero-order chi connectivity index (χ0) is 68.8. The molecule has 2 rings (SSSR count). The maximum atomic E-state index is 14.5. The molecule has 0 aromatic heterocycles. The van der Waals surface area contributed by atoms with E-state index in [4.69, 9.17) is 5.73 Å². The molecule has 25 nitrogen and oxygen atoms in total. The fourth-order valence-electron chi connectivity index (χ4n) is 10.2. The summed E-state index contributed by atoms with van der Waals surface area (Å²) in [5.74, 6) is -8.87. The monoisotopic (exact) mass is 1260 g/mol. The van der Waals surface area contributed by atoms with E-state index in [-0.39, 0.29) is 49.9 Å². The van der Waals surface area contributed by atoms with Gasteiger partial charge >= 0.3 is 0 Å². The predicted molar refractivity (Wildman–Crippen MR) is 342 cm³/mol. The van der Waals surface area contributed by atoms with Gasteiger partial charge in [-0.25, -0.2) is 0 Å². The maximum absolute atomic E-state index is 14.5. The second-order valence-electron chi connectivity index (χ2n) is 25.2. The minimum absolute atomic E-state index is 0.0000833. The van der Waals surface area contributed by atoms with Crippen LogP contribution in [0.15, 0.2) is 60.7 Å².